The number of aromatic nitrogens is 2. The molecule has 23 heavy (non-hydrogen) atoms. The Kier molecular flexibility index (Phi) is 5.64. The highest BCUT2D eigenvalue weighted by molar-refractivity contribution is 6.30. The summed E-state index contributed by atoms with van der Waals surface area (Å²) in [6.07, 6.45) is 4.63. The van der Waals surface area contributed by atoms with Gasteiger partial charge in [0.15, 0.2) is 0 Å². The predicted molar refractivity (Wildman–Crippen MR) is 95.3 cm³/mol. The highest BCUT2D eigenvalue weighted by Gasteiger charge is 2.05. The molecule has 3 rings (SSSR count). The fourth-order valence-corrected chi connectivity index (χ4v) is 2.50. The monoisotopic (exact) mass is 349 g/mol. The lowest BCUT2D eigenvalue weighted by Crippen LogP contribution is -2.22. The third kappa shape index (κ3) is 4.24. The standard InChI is InChI=1S/C17H16ClN3O.ClH/c1-12(22)19-9-8-13-2-4-14(5-3-13)16-11-21-10-15(18)6-7-17(21)20-16;/h2-7,10-11H,8-9H2,1H3,(H,19,22);1H. The molecule has 0 atom stereocenters. The molecule has 6 heteroatoms. The number of carbonyl (C=O) groups is 1. The van der Waals surface area contributed by atoms with Gasteiger partial charge in [-0.15, -0.1) is 12.4 Å². The maximum absolute atomic E-state index is 10.9. The molecule has 0 fully saturated rings. The number of nitrogens with one attached hydrogen (secondary N) is 1. The van der Waals surface area contributed by atoms with Crippen LogP contribution in [0.3, 0.4) is 0 Å². The number of pyridine rings is 1. The molecule has 0 spiro atoms. The van der Waals surface area contributed by atoms with Gasteiger partial charge in [-0.25, -0.2) is 4.98 Å². The average molecular weight is 350 g/mol. The third-order valence-electron chi connectivity index (χ3n) is 3.45. The SMILES string of the molecule is CC(=O)NCCc1ccc(-c2cn3cc(Cl)ccc3n2)cc1.Cl. The lowest BCUT2D eigenvalue weighted by atomic mass is 10.1. The molecule has 0 aliphatic carbocycles. The number of imidazole rings is 1. The number of hydrogen-bond acceptors (Lipinski definition) is 2. The van der Waals surface area contributed by atoms with Crippen molar-refractivity contribution >= 4 is 35.6 Å². The molecular weight excluding hydrogens is 333 g/mol. The Hall–Kier alpha value is -2.04. The van der Waals surface area contributed by atoms with Gasteiger partial charge in [0.05, 0.1) is 10.7 Å². The fraction of sp³-hybridized carbons (Fsp3) is 0.176. The summed E-state index contributed by atoms with van der Waals surface area (Å²) in [6, 6.07) is 12.0. The van der Waals surface area contributed by atoms with E-state index >= 15 is 0 Å². The van der Waals surface area contributed by atoms with Gasteiger partial charge < -0.3 is 9.72 Å². The first-order valence-electron chi connectivity index (χ1n) is 7.10. The van der Waals surface area contributed by atoms with Gasteiger partial charge in [-0.3, -0.25) is 4.79 Å². The Balaban J connectivity index is 0.00000192. The van der Waals surface area contributed by atoms with Crippen LogP contribution in [0.4, 0.5) is 0 Å². The van der Waals surface area contributed by atoms with Crippen molar-refractivity contribution in [3.8, 4) is 11.3 Å². The molecule has 0 aliphatic rings. The minimum Gasteiger partial charge on any atom is -0.356 e. The van der Waals surface area contributed by atoms with Crippen LogP contribution in [0.2, 0.25) is 5.02 Å². The van der Waals surface area contributed by atoms with Gasteiger partial charge in [0.1, 0.15) is 5.65 Å². The van der Waals surface area contributed by atoms with Crippen molar-refractivity contribution in [3.05, 3.63) is 59.4 Å². The number of halogens is 2. The number of fused-ring (bicyclic) bond motifs is 1. The second-order valence-electron chi connectivity index (χ2n) is 5.17. The van der Waals surface area contributed by atoms with Crippen LogP contribution in [0.15, 0.2) is 48.8 Å². The van der Waals surface area contributed by atoms with E-state index in [1.54, 1.807) is 0 Å². The van der Waals surface area contributed by atoms with E-state index in [0.717, 1.165) is 23.3 Å². The van der Waals surface area contributed by atoms with Crippen LogP contribution in [-0.2, 0) is 11.2 Å². The van der Waals surface area contributed by atoms with E-state index in [0.29, 0.717) is 11.6 Å². The predicted octanol–water partition coefficient (Wildman–Crippen LogP) is 3.76. The van der Waals surface area contributed by atoms with Crippen molar-refractivity contribution in [2.75, 3.05) is 6.54 Å². The summed E-state index contributed by atoms with van der Waals surface area (Å²) >= 11 is 5.99. The van der Waals surface area contributed by atoms with Gasteiger partial charge in [-0.2, -0.15) is 0 Å². The van der Waals surface area contributed by atoms with E-state index in [9.17, 15) is 4.79 Å². The van der Waals surface area contributed by atoms with Crippen molar-refractivity contribution in [2.45, 2.75) is 13.3 Å². The summed E-state index contributed by atoms with van der Waals surface area (Å²) in [6.45, 7) is 2.18. The largest absolute Gasteiger partial charge is 0.356 e. The Morgan fingerprint density at radius 3 is 2.61 bits per heavy atom. The molecule has 0 radical (unpaired) electrons. The number of nitrogens with zero attached hydrogens (tertiary/aromatic N) is 2. The van der Waals surface area contributed by atoms with Crippen LogP contribution < -0.4 is 5.32 Å². The van der Waals surface area contributed by atoms with E-state index in [-0.39, 0.29) is 18.3 Å². The van der Waals surface area contributed by atoms with Crippen LogP contribution in [0.5, 0.6) is 0 Å². The second kappa shape index (κ2) is 7.49. The maximum atomic E-state index is 10.9. The Bertz CT molecular complexity index is 812. The van der Waals surface area contributed by atoms with Gasteiger partial charge in [0.25, 0.3) is 0 Å². The fourth-order valence-electron chi connectivity index (χ4n) is 2.33. The lowest BCUT2D eigenvalue weighted by Gasteiger charge is -2.03. The van der Waals surface area contributed by atoms with Gasteiger partial charge in [0, 0.05) is 31.4 Å². The summed E-state index contributed by atoms with van der Waals surface area (Å²) < 4.78 is 1.92. The van der Waals surface area contributed by atoms with E-state index in [1.165, 1.54) is 12.5 Å². The minimum atomic E-state index is -0.0000173. The van der Waals surface area contributed by atoms with E-state index in [1.807, 2.05) is 41.1 Å². The third-order valence-corrected chi connectivity index (χ3v) is 3.68. The number of amides is 1. The average Bonchev–Trinajstić information content (AvgIpc) is 2.90. The van der Waals surface area contributed by atoms with E-state index in [2.05, 4.69) is 22.4 Å². The number of carbonyl (C=O) groups excluding carboxylic acids is 1. The second-order valence-corrected chi connectivity index (χ2v) is 5.61. The molecule has 0 saturated heterocycles. The van der Waals surface area contributed by atoms with Crippen LogP contribution in [0.1, 0.15) is 12.5 Å². The zero-order valence-corrected chi connectivity index (χ0v) is 14.2. The summed E-state index contributed by atoms with van der Waals surface area (Å²) in [5.41, 5.74) is 4.03. The Morgan fingerprint density at radius 1 is 1.17 bits per heavy atom. The van der Waals surface area contributed by atoms with Crippen molar-refractivity contribution in [2.24, 2.45) is 0 Å². The zero-order chi connectivity index (χ0) is 15.5. The first kappa shape index (κ1) is 17.3. The first-order chi connectivity index (χ1) is 10.6. The quantitative estimate of drug-likeness (QED) is 0.779. The first-order valence-corrected chi connectivity index (χ1v) is 7.47. The van der Waals surface area contributed by atoms with Crippen LogP contribution >= 0.6 is 24.0 Å². The molecule has 1 N–H and O–H groups in total. The summed E-state index contributed by atoms with van der Waals surface area (Å²) in [7, 11) is 0. The molecular formula is C17H17Cl2N3O. The number of hydrogen-bond donors (Lipinski definition) is 1. The Morgan fingerprint density at radius 2 is 1.91 bits per heavy atom. The van der Waals surface area contributed by atoms with Crippen LogP contribution in [0.25, 0.3) is 16.9 Å². The van der Waals surface area contributed by atoms with Gasteiger partial charge in [0.2, 0.25) is 5.91 Å². The van der Waals surface area contributed by atoms with Gasteiger partial charge in [-0.1, -0.05) is 35.9 Å². The smallest absolute Gasteiger partial charge is 0.216 e. The summed E-state index contributed by atoms with van der Waals surface area (Å²) in [5.74, 6) is -0.0000173. The van der Waals surface area contributed by atoms with E-state index in [4.69, 9.17) is 11.6 Å². The molecule has 1 amide bonds. The normalized spacial score (nSPS) is 10.3. The molecule has 0 saturated carbocycles. The van der Waals surface area contributed by atoms with Crippen LogP contribution in [-0.4, -0.2) is 21.8 Å². The van der Waals surface area contributed by atoms with Crippen LogP contribution in [0, 0.1) is 0 Å². The van der Waals surface area contributed by atoms with Crippen molar-refractivity contribution in [1.29, 1.82) is 0 Å². The number of rotatable bonds is 4. The van der Waals surface area contributed by atoms with E-state index < -0.39 is 0 Å². The highest BCUT2D eigenvalue weighted by atomic mass is 35.5. The molecule has 3 aromatic rings. The van der Waals surface area contributed by atoms with Gasteiger partial charge >= 0.3 is 0 Å². The molecule has 0 bridgehead atoms. The zero-order valence-electron chi connectivity index (χ0n) is 12.6. The molecule has 120 valence electrons. The number of benzene rings is 1. The molecule has 2 heterocycles. The summed E-state index contributed by atoms with van der Waals surface area (Å²) in [4.78, 5) is 15.4. The minimum absolute atomic E-state index is 0. The molecule has 1 aromatic carbocycles. The van der Waals surface area contributed by atoms with Crippen molar-refractivity contribution in [1.82, 2.24) is 14.7 Å². The molecule has 0 unspecified atom stereocenters. The molecule has 0 aliphatic heterocycles. The summed E-state index contributed by atoms with van der Waals surface area (Å²) in [5, 5.41) is 3.48. The van der Waals surface area contributed by atoms with Gasteiger partial charge in [-0.05, 0) is 24.1 Å². The topological polar surface area (TPSA) is 46.4 Å². The molecule has 2 aromatic heterocycles. The highest BCUT2D eigenvalue weighted by Crippen LogP contribution is 2.21. The van der Waals surface area contributed by atoms with Crippen molar-refractivity contribution < 1.29 is 4.79 Å². The van der Waals surface area contributed by atoms with Crippen molar-refractivity contribution in [3.63, 3.8) is 0 Å². The lowest BCUT2D eigenvalue weighted by molar-refractivity contribution is -0.118. The molecule has 4 nitrogen and oxygen atoms in total. The Labute approximate surface area is 145 Å². The maximum Gasteiger partial charge on any atom is 0.216 e.